The van der Waals surface area contributed by atoms with Gasteiger partial charge in [-0.25, -0.2) is 0 Å². The van der Waals surface area contributed by atoms with E-state index in [4.69, 9.17) is 4.74 Å². The minimum absolute atomic E-state index is 0.0572. The smallest absolute Gasteiger partial charge is 0.198 e. The average molecular weight is 339 g/mol. The molecule has 0 N–H and O–H groups in total. The Labute approximate surface area is 125 Å². The Morgan fingerprint density at radius 3 is 2.58 bits per heavy atom. The normalized spacial score (nSPS) is 10.6. The summed E-state index contributed by atoms with van der Waals surface area (Å²) in [5, 5.41) is 0. The molecule has 0 spiro atoms. The van der Waals surface area contributed by atoms with Crippen molar-refractivity contribution in [1.29, 1.82) is 0 Å². The van der Waals surface area contributed by atoms with Gasteiger partial charge in [-0.1, -0.05) is 35.0 Å². The number of benzene rings is 1. The van der Waals surface area contributed by atoms with Gasteiger partial charge in [0.15, 0.2) is 5.78 Å². The van der Waals surface area contributed by atoms with Gasteiger partial charge >= 0.3 is 0 Å². The summed E-state index contributed by atoms with van der Waals surface area (Å²) < 4.78 is 6.50. The van der Waals surface area contributed by atoms with Crippen molar-refractivity contribution in [2.24, 2.45) is 0 Å². The largest absolute Gasteiger partial charge is 0.369 e. The summed E-state index contributed by atoms with van der Waals surface area (Å²) in [7, 11) is 0. The molecule has 0 aliphatic heterocycles. The summed E-state index contributed by atoms with van der Waals surface area (Å²) in [4.78, 5) is 13.9. The van der Waals surface area contributed by atoms with E-state index in [9.17, 15) is 4.79 Å². The van der Waals surface area contributed by atoms with Gasteiger partial charge in [0.2, 0.25) is 0 Å². The van der Waals surface area contributed by atoms with Crippen molar-refractivity contribution in [1.82, 2.24) is 0 Å². The summed E-state index contributed by atoms with van der Waals surface area (Å²) in [5.41, 5.74) is 1.07. The molecule has 0 aliphatic carbocycles. The highest BCUT2D eigenvalue weighted by Crippen LogP contribution is 2.18. The number of ether oxygens (including phenoxy) is 1. The molecule has 0 saturated heterocycles. The number of carbonyl (C=O) groups excluding carboxylic acids is 1. The Morgan fingerprint density at radius 2 is 1.95 bits per heavy atom. The second-order valence-corrected chi connectivity index (χ2v) is 6.25. The van der Waals surface area contributed by atoms with E-state index in [-0.39, 0.29) is 12.4 Å². The fourth-order valence-corrected chi connectivity index (χ4v) is 2.77. The van der Waals surface area contributed by atoms with E-state index < -0.39 is 0 Å². The quantitative estimate of drug-likeness (QED) is 0.726. The van der Waals surface area contributed by atoms with Crippen molar-refractivity contribution in [3.05, 3.63) is 56.2 Å². The van der Waals surface area contributed by atoms with Crippen LogP contribution in [0.1, 0.15) is 27.0 Å². The molecule has 0 amide bonds. The molecule has 100 valence electrons. The molecular formula is C15H15BrO2S. The van der Waals surface area contributed by atoms with Crippen LogP contribution in [-0.4, -0.2) is 12.4 Å². The number of ketones is 1. The fourth-order valence-electron chi connectivity index (χ4n) is 1.63. The van der Waals surface area contributed by atoms with Crippen LogP contribution in [0.4, 0.5) is 0 Å². The Balaban J connectivity index is 1.82. The molecule has 0 radical (unpaired) electrons. The molecule has 0 atom stereocenters. The van der Waals surface area contributed by atoms with Gasteiger partial charge in [-0.05, 0) is 36.2 Å². The third kappa shape index (κ3) is 4.27. The van der Waals surface area contributed by atoms with Gasteiger partial charge < -0.3 is 4.74 Å². The van der Waals surface area contributed by atoms with Gasteiger partial charge in [-0.15, -0.1) is 11.3 Å². The van der Waals surface area contributed by atoms with Crippen LogP contribution in [0.2, 0.25) is 0 Å². The van der Waals surface area contributed by atoms with Crippen molar-refractivity contribution in [3.63, 3.8) is 0 Å². The summed E-state index contributed by atoms with van der Waals surface area (Å²) in [6.07, 6.45) is 0.970. The van der Waals surface area contributed by atoms with Crippen molar-refractivity contribution in [2.45, 2.75) is 20.0 Å². The summed E-state index contributed by atoms with van der Waals surface area (Å²) in [5.74, 6) is 0.0572. The van der Waals surface area contributed by atoms with Crippen LogP contribution < -0.4 is 0 Å². The summed E-state index contributed by atoms with van der Waals surface area (Å²) in [6, 6.07) is 11.8. The zero-order chi connectivity index (χ0) is 13.7. The maximum Gasteiger partial charge on any atom is 0.198 e. The fraction of sp³-hybridized carbons (Fsp3) is 0.267. The SMILES string of the molecule is CCc1ccc(C(=O)COCc2ccc(Br)cc2)s1. The highest BCUT2D eigenvalue weighted by Gasteiger charge is 2.09. The first-order chi connectivity index (χ1) is 9.19. The van der Waals surface area contributed by atoms with Crippen LogP contribution >= 0.6 is 27.3 Å². The van der Waals surface area contributed by atoms with E-state index in [0.29, 0.717) is 6.61 Å². The lowest BCUT2D eigenvalue weighted by atomic mass is 10.2. The Morgan fingerprint density at radius 1 is 1.21 bits per heavy atom. The van der Waals surface area contributed by atoms with Gasteiger partial charge in [-0.3, -0.25) is 4.79 Å². The molecule has 2 nitrogen and oxygen atoms in total. The Kier molecular flexibility index (Phi) is 5.31. The van der Waals surface area contributed by atoms with E-state index in [2.05, 4.69) is 22.9 Å². The van der Waals surface area contributed by atoms with Crippen molar-refractivity contribution >= 4 is 33.0 Å². The lowest BCUT2D eigenvalue weighted by Crippen LogP contribution is -2.07. The van der Waals surface area contributed by atoms with E-state index in [1.807, 2.05) is 36.4 Å². The molecule has 2 aromatic rings. The van der Waals surface area contributed by atoms with E-state index >= 15 is 0 Å². The molecule has 0 aliphatic rings. The molecule has 1 heterocycles. The lowest BCUT2D eigenvalue weighted by Gasteiger charge is -2.03. The standard InChI is InChI=1S/C15H15BrO2S/c1-2-13-7-8-15(19-13)14(17)10-18-9-11-3-5-12(16)6-4-11/h3-8H,2,9-10H2,1H3. The maximum absolute atomic E-state index is 11.9. The van der Waals surface area contributed by atoms with E-state index in [1.54, 1.807) is 11.3 Å². The van der Waals surface area contributed by atoms with Crippen molar-refractivity contribution in [2.75, 3.05) is 6.61 Å². The lowest BCUT2D eigenvalue weighted by molar-refractivity contribution is 0.0730. The Hall–Kier alpha value is -0.970. The number of hydrogen-bond acceptors (Lipinski definition) is 3. The Bertz CT molecular complexity index is 546. The molecule has 1 aromatic heterocycles. The summed E-state index contributed by atoms with van der Waals surface area (Å²) in [6.45, 7) is 2.69. The third-order valence-corrected chi connectivity index (χ3v) is 4.50. The van der Waals surface area contributed by atoms with Gasteiger partial charge in [0, 0.05) is 9.35 Å². The van der Waals surface area contributed by atoms with Crippen LogP contribution in [0.25, 0.3) is 0 Å². The van der Waals surface area contributed by atoms with Crippen LogP contribution in [0, 0.1) is 0 Å². The molecule has 0 saturated carbocycles. The number of Topliss-reactive ketones (excluding diaryl/α,β-unsaturated/α-hetero) is 1. The topological polar surface area (TPSA) is 26.3 Å². The van der Waals surface area contributed by atoms with Crippen LogP contribution in [0.15, 0.2) is 40.9 Å². The number of thiophene rings is 1. The minimum Gasteiger partial charge on any atom is -0.369 e. The molecule has 0 bridgehead atoms. The number of rotatable bonds is 6. The van der Waals surface area contributed by atoms with Gasteiger partial charge in [0.25, 0.3) is 0 Å². The van der Waals surface area contributed by atoms with Crippen molar-refractivity contribution in [3.8, 4) is 0 Å². The highest BCUT2D eigenvalue weighted by atomic mass is 79.9. The highest BCUT2D eigenvalue weighted by molar-refractivity contribution is 9.10. The second kappa shape index (κ2) is 6.98. The number of aryl methyl sites for hydroxylation is 1. The maximum atomic E-state index is 11.9. The number of hydrogen-bond donors (Lipinski definition) is 0. The van der Waals surface area contributed by atoms with E-state index in [0.717, 1.165) is 21.3 Å². The van der Waals surface area contributed by atoms with E-state index in [1.165, 1.54) is 4.88 Å². The zero-order valence-electron chi connectivity index (χ0n) is 10.7. The second-order valence-electron chi connectivity index (χ2n) is 4.16. The molecular weight excluding hydrogens is 324 g/mol. The first-order valence-electron chi connectivity index (χ1n) is 6.13. The average Bonchev–Trinajstić information content (AvgIpc) is 2.90. The summed E-state index contributed by atoms with van der Waals surface area (Å²) >= 11 is 4.94. The first kappa shape index (κ1) is 14.4. The minimum atomic E-state index is 0.0572. The number of carbonyl (C=O) groups is 1. The van der Waals surface area contributed by atoms with Gasteiger partial charge in [0.05, 0.1) is 11.5 Å². The van der Waals surface area contributed by atoms with Crippen LogP contribution in [-0.2, 0) is 17.8 Å². The molecule has 1 aromatic carbocycles. The predicted octanol–water partition coefficient (Wildman–Crippen LogP) is 4.47. The molecule has 0 unspecified atom stereocenters. The monoisotopic (exact) mass is 338 g/mol. The third-order valence-electron chi connectivity index (χ3n) is 2.70. The van der Waals surface area contributed by atoms with Crippen molar-refractivity contribution < 1.29 is 9.53 Å². The molecule has 19 heavy (non-hydrogen) atoms. The van der Waals surface area contributed by atoms with Gasteiger partial charge in [0.1, 0.15) is 6.61 Å². The zero-order valence-corrected chi connectivity index (χ0v) is 13.1. The molecule has 2 rings (SSSR count). The molecule has 4 heteroatoms. The van der Waals surface area contributed by atoms with Crippen LogP contribution in [0.5, 0.6) is 0 Å². The number of halogens is 1. The predicted molar refractivity (Wildman–Crippen MR) is 81.8 cm³/mol. The molecule has 0 fully saturated rings. The van der Waals surface area contributed by atoms with Crippen LogP contribution in [0.3, 0.4) is 0 Å². The first-order valence-corrected chi connectivity index (χ1v) is 7.74. The van der Waals surface area contributed by atoms with Gasteiger partial charge in [-0.2, -0.15) is 0 Å².